The fraction of sp³-hybridized carbons (Fsp3) is 0.211. The third-order valence-electron chi connectivity index (χ3n) is 4.19. The van der Waals surface area contributed by atoms with Crippen molar-refractivity contribution >= 4 is 22.5 Å². The average molecular weight is 292 g/mol. The first-order chi connectivity index (χ1) is 10.6. The standard InChI is InChI=1S/C19H20N2O/c1-4-14-5-8-16(9-6-14)21-19(22)15-7-10-18-17(11-15)12(2)13(3)20-18/h5-11,20H,4H2,1-3H3,(H,21,22). The Morgan fingerprint density at radius 1 is 1.09 bits per heavy atom. The van der Waals surface area contributed by atoms with Gasteiger partial charge in [-0.2, -0.15) is 0 Å². The second kappa shape index (κ2) is 5.68. The van der Waals surface area contributed by atoms with Crippen LogP contribution in [0.2, 0.25) is 0 Å². The molecule has 2 aromatic carbocycles. The van der Waals surface area contributed by atoms with Gasteiger partial charge in [0.2, 0.25) is 0 Å². The minimum Gasteiger partial charge on any atom is -0.358 e. The number of anilines is 1. The zero-order valence-electron chi connectivity index (χ0n) is 13.2. The summed E-state index contributed by atoms with van der Waals surface area (Å²) in [5.41, 5.74) is 6.16. The van der Waals surface area contributed by atoms with Crippen LogP contribution in [0.3, 0.4) is 0 Å². The van der Waals surface area contributed by atoms with Crippen molar-refractivity contribution in [1.29, 1.82) is 0 Å². The van der Waals surface area contributed by atoms with Gasteiger partial charge in [-0.05, 0) is 61.7 Å². The number of amides is 1. The highest BCUT2D eigenvalue weighted by molar-refractivity contribution is 6.06. The largest absolute Gasteiger partial charge is 0.358 e. The Hall–Kier alpha value is -2.55. The van der Waals surface area contributed by atoms with Gasteiger partial charge in [-0.1, -0.05) is 19.1 Å². The van der Waals surface area contributed by atoms with E-state index < -0.39 is 0 Å². The minimum atomic E-state index is -0.0793. The third-order valence-corrected chi connectivity index (χ3v) is 4.19. The molecule has 1 aromatic heterocycles. The number of H-pyrrole nitrogens is 1. The van der Waals surface area contributed by atoms with E-state index in [1.165, 1.54) is 11.1 Å². The van der Waals surface area contributed by atoms with Crippen molar-refractivity contribution in [2.24, 2.45) is 0 Å². The molecule has 0 aliphatic heterocycles. The topological polar surface area (TPSA) is 44.9 Å². The van der Waals surface area contributed by atoms with Gasteiger partial charge in [0.1, 0.15) is 0 Å². The van der Waals surface area contributed by atoms with Crippen LogP contribution < -0.4 is 5.32 Å². The fourth-order valence-corrected chi connectivity index (χ4v) is 2.63. The van der Waals surface area contributed by atoms with Crippen molar-refractivity contribution in [2.75, 3.05) is 5.32 Å². The van der Waals surface area contributed by atoms with Gasteiger partial charge in [-0.15, -0.1) is 0 Å². The lowest BCUT2D eigenvalue weighted by atomic mass is 10.1. The van der Waals surface area contributed by atoms with Gasteiger partial charge in [0.05, 0.1) is 0 Å². The van der Waals surface area contributed by atoms with E-state index in [-0.39, 0.29) is 5.91 Å². The monoisotopic (exact) mass is 292 g/mol. The number of benzene rings is 2. The third kappa shape index (κ3) is 2.62. The zero-order valence-corrected chi connectivity index (χ0v) is 13.2. The molecule has 1 heterocycles. The smallest absolute Gasteiger partial charge is 0.255 e. The highest BCUT2D eigenvalue weighted by Crippen LogP contribution is 2.23. The predicted octanol–water partition coefficient (Wildman–Crippen LogP) is 4.60. The lowest BCUT2D eigenvalue weighted by molar-refractivity contribution is 0.102. The van der Waals surface area contributed by atoms with Crippen LogP contribution in [0.15, 0.2) is 42.5 Å². The number of hydrogen-bond acceptors (Lipinski definition) is 1. The van der Waals surface area contributed by atoms with E-state index in [0.717, 1.165) is 28.7 Å². The Bertz CT molecular complexity index is 829. The Labute approximate surface area is 130 Å². The summed E-state index contributed by atoms with van der Waals surface area (Å²) in [4.78, 5) is 15.7. The van der Waals surface area contributed by atoms with Crippen molar-refractivity contribution in [3.05, 3.63) is 64.8 Å². The summed E-state index contributed by atoms with van der Waals surface area (Å²) in [6, 6.07) is 13.7. The molecule has 0 saturated carbocycles. The number of aromatic nitrogens is 1. The van der Waals surface area contributed by atoms with Crippen LogP contribution in [0.4, 0.5) is 5.69 Å². The quantitative estimate of drug-likeness (QED) is 0.728. The number of rotatable bonds is 3. The van der Waals surface area contributed by atoms with Crippen molar-refractivity contribution in [3.63, 3.8) is 0 Å². The Morgan fingerprint density at radius 3 is 2.50 bits per heavy atom. The maximum absolute atomic E-state index is 12.4. The van der Waals surface area contributed by atoms with E-state index in [1.54, 1.807) is 0 Å². The van der Waals surface area contributed by atoms with E-state index in [0.29, 0.717) is 5.56 Å². The lowest BCUT2D eigenvalue weighted by Crippen LogP contribution is -2.11. The van der Waals surface area contributed by atoms with E-state index in [9.17, 15) is 4.79 Å². The van der Waals surface area contributed by atoms with Crippen molar-refractivity contribution in [3.8, 4) is 0 Å². The second-order valence-electron chi connectivity index (χ2n) is 5.64. The Kier molecular flexibility index (Phi) is 3.72. The Morgan fingerprint density at radius 2 is 1.82 bits per heavy atom. The molecule has 3 nitrogen and oxygen atoms in total. The SMILES string of the molecule is CCc1ccc(NC(=O)c2ccc3[nH]c(C)c(C)c3c2)cc1. The summed E-state index contributed by atoms with van der Waals surface area (Å²) in [7, 11) is 0. The number of aryl methyl sites for hydroxylation is 3. The Balaban J connectivity index is 1.86. The second-order valence-corrected chi connectivity index (χ2v) is 5.64. The van der Waals surface area contributed by atoms with Crippen molar-refractivity contribution in [1.82, 2.24) is 4.98 Å². The summed E-state index contributed by atoms with van der Waals surface area (Å²) < 4.78 is 0. The molecule has 0 atom stereocenters. The first-order valence-corrected chi connectivity index (χ1v) is 7.57. The predicted molar refractivity (Wildman–Crippen MR) is 91.5 cm³/mol. The maximum Gasteiger partial charge on any atom is 0.255 e. The van der Waals surface area contributed by atoms with Crippen LogP contribution >= 0.6 is 0 Å². The average Bonchev–Trinajstić information content (AvgIpc) is 2.82. The summed E-state index contributed by atoms with van der Waals surface area (Å²) >= 11 is 0. The molecule has 3 rings (SSSR count). The summed E-state index contributed by atoms with van der Waals surface area (Å²) in [6.07, 6.45) is 0.997. The molecule has 2 N–H and O–H groups in total. The molecule has 112 valence electrons. The van der Waals surface area contributed by atoms with Crippen LogP contribution in [0, 0.1) is 13.8 Å². The van der Waals surface area contributed by atoms with Crippen LogP contribution in [0.1, 0.15) is 34.1 Å². The van der Waals surface area contributed by atoms with Gasteiger partial charge >= 0.3 is 0 Å². The number of hydrogen-bond donors (Lipinski definition) is 2. The zero-order chi connectivity index (χ0) is 15.7. The van der Waals surface area contributed by atoms with Gasteiger partial charge < -0.3 is 10.3 Å². The van der Waals surface area contributed by atoms with Gasteiger partial charge in [0, 0.05) is 27.8 Å². The maximum atomic E-state index is 12.4. The highest BCUT2D eigenvalue weighted by atomic mass is 16.1. The summed E-state index contributed by atoms with van der Waals surface area (Å²) in [6.45, 7) is 6.23. The molecule has 0 saturated heterocycles. The van der Waals surface area contributed by atoms with E-state index in [2.05, 4.69) is 24.1 Å². The number of nitrogens with one attached hydrogen (secondary N) is 2. The molecule has 1 amide bonds. The molecule has 0 fully saturated rings. The lowest BCUT2D eigenvalue weighted by Gasteiger charge is -2.06. The molecular weight excluding hydrogens is 272 g/mol. The summed E-state index contributed by atoms with van der Waals surface area (Å²) in [5.74, 6) is -0.0793. The van der Waals surface area contributed by atoms with Crippen LogP contribution in [-0.2, 0) is 6.42 Å². The van der Waals surface area contributed by atoms with Gasteiger partial charge in [-0.3, -0.25) is 4.79 Å². The molecule has 0 aliphatic carbocycles. The molecule has 0 spiro atoms. The van der Waals surface area contributed by atoms with E-state index in [1.807, 2.05) is 49.4 Å². The van der Waals surface area contributed by atoms with Crippen molar-refractivity contribution in [2.45, 2.75) is 27.2 Å². The van der Waals surface area contributed by atoms with E-state index >= 15 is 0 Å². The number of aromatic amines is 1. The molecule has 0 bridgehead atoms. The normalized spacial score (nSPS) is 10.9. The van der Waals surface area contributed by atoms with Crippen molar-refractivity contribution < 1.29 is 4.79 Å². The number of carbonyl (C=O) groups excluding carboxylic acids is 1. The van der Waals surface area contributed by atoms with Gasteiger partial charge in [0.25, 0.3) is 5.91 Å². The molecular formula is C19H20N2O. The van der Waals surface area contributed by atoms with Gasteiger partial charge in [-0.25, -0.2) is 0 Å². The number of fused-ring (bicyclic) bond motifs is 1. The van der Waals surface area contributed by atoms with Crippen LogP contribution in [0.25, 0.3) is 10.9 Å². The summed E-state index contributed by atoms with van der Waals surface area (Å²) in [5, 5.41) is 4.05. The van der Waals surface area contributed by atoms with Gasteiger partial charge in [0.15, 0.2) is 0 Å². The first kappa shape index (κ1) is 14.4. The molecule has 0 unspecified atom stereocenters. The molecule has 0 aliphatic rings. The number of carbonyl (C=O) groups is 1. The molecule has 3 heteroatoms. The minimum absolute atomic E-state index is 0.0793. The van der Waals surface area contributed by atoms with E-state index in [4.69, 9.17) is 0 Å². The fourth-order valence-electron chi connectivity index (χ4n) is 2.63. The molecule has 22 heavy (non-hydrogen) atoms. The first-order valence-electron chi connectivity index (χ1n) is 7.57. The molecule has 3 aromatic rings. The highest BCUT2D eigenvalue weighted by Gasteiger charge is 2.10. The van der Waals surface area contributed by atoms with Crippen LogP contribution in [0.5, 0.6) is 0 Å². The molecule has 0 radical (unpaired) electrons. The van der Waals surface area contributed by atoms with Crippen LogP contribution in [-0.4, -0.2) is 10.9 Å².